The Bertz CT molecular complexity index is 840. The fourth-order valence-electron chi connectivity index (χ4n) is 2.01. The van der Waals surface area contributed by atoms with Gasteiger partial charge in [-0.15, -0.1) is 0 Å². The number of hydrogen-bond donors (Lipinski definition) is 2. The molecular weight excluding hydrogens is 372 g/mol. The number of anilines is 2. The minimum Gasteiger partial charge on any atom is -0.495 e. The fraction of sp³-hybridized carbons (Fsp3) is 0.176. The van der Waals surface area contributed by atoms with Crippen LogP contribution in [0.2, 0.25) is 0 Å². The van der Waals surface area contributed by atoms with Crippen molar-refractivity contribution in [2.24, 2.45) is 0 Å². The average Bonchev–Trinajstić information content (AvgIpc) is 2.60. The fourth-order valence-corrected chi connectivity index (χ4v) is 2.01. The molecule has 144 valence electrons. The number of ether oxygens (including phenoxy) is 2. The van der Waals surface area contributed by atoms with Crippen LogP contribution >= 0.6 is 0 Å². The van der Waals surface area contributed by atoms with E-state index in [1.807, 2.05) is 0 Å². The third-order valence-corrected chi connectivity index (χ3v) is 3.15. The van der Waals surface area contributed by atoms with E-state index in [2.05, 4.69) is 15.4 Å². The number of nitrogens with one attached hydrogen (secondary N) is 2. The van der Waals surface area contributed by atoms with Crippen LogP contribution in [0.25, 0.3) is 0 Å². The highest BCUT2D eigenvalue weighted by atomic mass is 19.4. The highest BCUT2D eigenvalue weighted by molar-refractivity contribution is 6.05. The summed E-state index contributed by atoms with van der Waals surface area (Å²) in [5.41, 5.74) is 0.206. The van der Waals surface area contributed by atoms with Crippen LogP contribution in [0.1, 0.15) is 10.4 Å². The summed E-state index contributed by atoms with van der Waals surface area (Å²) in [6.07, 6.45) is -5.97. The number of halogens is 4. The molecule has 0 aliphatic carbocycles. The molecule has 0 aliphatic heterocycles. The molecule has 0 saturated heterocycles. The predicted octanol–water partition coefficient (Wildman–Crippen LogP) is 4.20. The van der Waals surface area contributed by atoms with Gasteiger partial charge in [-0.05, 0) is 36.4 Å². The summed E-state index contributed by atoms with van der Waals surface area (Å²) in [5.74, 6) is -1.03. The Kier molecular flexibility index (Phi) is 6.22. The van der Waals surface area contributed by atoms with Crippen LogP contribution in [0.15, 0.2) is 42.5 Å². The van der Waals surface area contributed by atoms with Crippen LogP contribution in [0.4, 0.5) is 33.7 Å². The van der Waals surface area contributed by atoms with E-state index < -0.39 is 30.6 Å². The molecule has 0 aromatic heterocycles. The predicted molar refractivity (Wildman–Crippen MR) is 88.4 cm³/mol. The lowest BCUT2D eigenvalue weighted by atomic mass is 10.2. The summed E-state index contributed by atoms with van der Waals surface area (Å²) in [7, 11) is 1.33. The first-order chi connectivity index (χ1) is 12.7. The third-order valence-electron chi connectivity index (χ3n) is 3.15. The largest absolute Gasteiger partial charge is 0.495 e. The number of carbonyl (C=O) groups excluding carboxylic acids is 2. The Morgan fingerprint density at radius 3 is 2.44 bits per heavy atom. The van der Waals surface area contributed by atoms with Gasteiger partial charge in [0.2, 0.25) is 0 Å². The van der Waals surface area contributed by atoms with Crippen molar-refractivity contribution in [3.05, 3.63) is 53.8 Å². The minimum atomic E-state index is -4.65. The highest BCUT2D eigenvalue weighted by Gasteiger charge is 2.29. The first-order valence-electron chi connectivity index (χ1n) is 7.43. The minimum absolute atomic E-state index is 0.0417. The van der Waals surface area contributed by atoms with Gasteiger partial charge >= 0.3 is 12.3 Å². The number of alkyl halides is 3. The summed E-state index contributed by atoms with van der Waals surface area (Å²) >= 11 is 0. The molecule has 2 aromatic carbocycles. The number of rotatable bonds is 5. The van der Waals surface area contributed by atoms with E-state index in [0.29, 0.717) is 0 Å². The maximum absolute atomic E-state index is 13.2. The van der Waals surface area contributed by atoms with Gasteiger partial charge in [0.1, 0.15) is 11.6 Å². The molecule has 0 atom stereocenters. The molecule has 0 fully saturated rings. The zero-order valence-corrected chi connectivity index (χ0v) is 13.9. The summed E-state index contributed by atoms with van der Waals surface area (Å²) < 4.78 is 58.5. The van der Waals surface area contributed by atoms with Crippen molar-refractivity contribution in [1.29, 1.82) is 0 Å². The topological polar surface area (TPSA) is 76.7 Å². The lowest BCUT2D eigenvalue weighted by Gasteiger charge is -2.13. The first-order valence-corrected chi connectivity index (χ1v) is 7.43. The maximum atomic E-state index is 13.2. The van der Waals surface area contributed by atoms with E-state index >= 15 is 0 Å². The van der Waals surface area contributed by atoms with Gasteiger partial charge in [-0.3, -0.25) is 10.1 Å². The van der Waals surface area contributed by atoms with Gasteiger partial charge in [0, 0.05) is 11.3 Å². The number of amides is 2. The average molecular weight is 386 g/mol. The van der Waals surface area contributed by atoms with E-state index in [4.69, 9.17) is 4.74 Å². The molecule has 6 nitrogen and oxygen atoms in total. The van der Waals surface area contributed by atoms with Gasteiger partial charge in [0.05, 0.1) is 12.8 Å². The van der Waals surface area contributed by atoms with Crippen LogP contribution in [0.5, 0.6) is 5.75 Å². The number of benzene rings is 2. The van der Waals surface area contributed by atoms with Crippen molar-refractivity contribution < 1.29 is 36.6 Å². The first kappa shape index (κ1) is 20.0. The van der Waals surface area contributed by atoms with Crippen molar-refractivity contribution in [3.8, 4) is 5.75 Å². The van der Waals surface area contributed by atoms with Gasteiger partial charge in [-0.2, -0.15) is 13.2 Å². The molecule has 2 rings (SSSR count). The monoisotopic (exact) mass is 386 g/mol. The Balaban J connectivity index is 2.12. The molecule has 0 aliphatic rings. The van der Waals surface area contributed by atoms with E-state index in [0.717, 1.165) is 6.07 Å². The number of methoxy groups -OCH3 is 1. The zero-order valence-electron chi connectivity index (χ0n) is 13.9. The Morgan fingerprint density at radius 1 is 1.07 bits per heavy atom. The van der Waals surface area contributed by atoms with Gasteiger partial charge < -0.3 is 14.8 Å². The molecule has 0 saturated carbocycles. The molecule has 10 heteroatoms. The highest BCUT2D eigenvalue weighted by Crippen LogP contribution is 2.28. The normalized spacial score (nSPS) is 10.9. The van der Waals surface area contributed by atoms with E-state index in [9.17, 15) is 27.2 Å². The number of carbonyl (C=O) groups is 2. The van der Waals surface area contributed by atoms with Crippen molar-refractivity contribution in [2.75, 3.05) is 24.4 Å². The van der Waals surface area contributed by atoms with E-state index in [1.165, 1.54) is 43.5 Å². The van der Waals surface area contributed by atoms with Crippen molar-refractivity contribution in [1.82, 2.24) is 0 Å². The molecule has 27 heavy (non-hydrogen) atoms. The second-order valence-corrected chi connectivity index (χ2v) is 5.20. The molecule has 0 bridgehead atoms. The van der Waals surface area contributed by atoms with E-state index in [1.54, 1.807) is 0 Å². The Morgan fingerprint density at radius 2 is 1.81 bits per heavy atom. The molecule has 2 amide bonds. The molecular formula is C17H14F4N2O4. The summed E-state index contributed by atoms with van der Waals surface area (Å²) in [6, 6.07) is 8.92. The Hall–Kier alpha value is -3.30. The van der Waals surface area contributed by atoms with Crippen molar-refractivity contribution in [2.45, 2.75) is 6.18 Å². The quantitative estimate of drug-likeness (QED) is 0.756. The summed E-state index contributed by atoms with van der Waals surface area (Å²) in [5, 5.41) is 4.57. The zero-order chi connectivity index (χ0) is 20.0. The van der Waals surface area contributed by atoms with Crippen LogP contribution in [-0.2, 0) is 4.74 Å². The molecule has 0 unspecified atom stereocenters. The van der Waals surface area contributed by atoms with Crippen LogP contribution in [-0.4, -0.2) is 31.9 Å². The van der Waals surface area contributed by atoms with Gasteiger partial charge in [0.25, 0.3) is 5.91 Å². The molecule has 2 N–H and O–H groups in total. The van der Waals surface area contributed by atoms with Crippen molar-refractivity contribution in [3.63, 3.8) is 0 Å². The van der Waals surface area contributed by atoms with E-state index in [-0.39, 0.29) is 22.7 Å². The third kappa shape index (κ3) is 6.17. The SMILES string of the molecule is COc1ccc(NC(=O)OCC(F)(F)F)cc1NC(=O)c1cccc(F)c1. The summed E-state index contributed by atoms with van der Waals surface area (Å²) in [6.45, 7) is -1.74. The van der Waals surface area contributed by atoms with Gasteiger partial charge in [-0.1, -0.05) is 6.07 Å². The lowest BCUT2D eigenvalue weighted by Crippen LogP contribution is -2.23. The molecule has 2 aromatic rings. The van der Waals surface area contributed by atoms with Crippen LogP contribution < -0.4 is 15.4 Å². The standard InChI is InChI=1S/C17H14F4N2O4/c1-26-14-6-5-12(22-16(25)27-9-17(19,20)21)8-13(14)23-15(24)10-3-2-4-11(18)7-10/h2-8H,9H2,1H3,(H,22,25)(H,23,24). The number of hydrogen-bond acceptors (Lipinski definition) is 4. The lowest BCUT2D eigenvalue weighted by molar-refractivity contribution is -0.159. The second-order valence-electron chi connectivity index (χ2n) is 5.20. The Labute approximate surface area is 151 Å². The van der Waals surface area contributed by atoms with Crippen LogP contribution in [0, 0.1) is 5.82 Å². The second kappa shape index (κ2) is 8.39. The maximum Gasteiger partial charge on any atom is 0.422 e. The summed E-state index contributed by atoms with van der Waals surface area (Å²) in [4.78, 5) is 23.6. The smallest absolute Gasteiger partial charge is 0.422 e. The van der Waals surface area contributed by atoms with Gasteiger partial charge in [0.15, 0.2) is 6.61 Å². The molecule has 0 radical (unpaired) electrons. The van der Waals surface area contributed by atoms with Crippen LogP contribution in [0.3, 0.4) is 0 Å². The molecule has 0 spiro atoms. The molecule has 0 heterocycles. The van der Waals surface area contributed by atoms with Gasteiger partial charge in [-0.25, -0.2) is 9.18 Å². The van der Waals surface area contributed by atoms with Crippen molar-refractivity contribution >= 4 is 23.4 Å².